The van der Waals surface area contributed by atoms with Crippen LogP contribution in [0.5, 0.6) is 0 Å². The maximum absolute atomic E-state index is 12.5. The third-order valence-electron chi connectivity index (χ3n) is 3.25. The third-order valence-corrected chi connectivity index (χ3v) is 3.25. The maximum atomic E-state index is 12.5. The Hall–Kier alpha value is -3.07. The van der Waals surface area contributed by atoms with Crippen molar-refractivity contribution in [3.05, 3.63) is 52.2 Å². The molecule has 2 rings (SSSR count). The summed E-state index contributed by atoms with van der Waals surface area (Å²) in [6.45, 7) is 3.29. The summed E-state index contributed by atoms with van der Waals surface area (Å²) in [5.41, 5.74) is 1.38. The second-order valence-electron chi connectivity index (χ2n) is 4.63. The summed E-state index contributed by atoms with van der Waals surface area (Å²) >= 11 is 0. The highest BCUT2D eigenvalue weighted by Crippen LogP contribution is 2.22. The number of ether oxygens (including phenoxy) is 1. The number of Topliss-reactive ketones (excluding diaryl/α,β-unsaturated/α-hetero) is 1. The van der Waals surface area contributed by atoms with Gasteiger partial charge < -0.3 is 14.1 Å². The van der Waals surface area contributed by atoms with Crippen LogP contribution in [-0.4, -0.2) is 23.8 Å². The number of nitriles is 1. The van der Waals surface area contributed by atoms with Crippen LogP contribution in [0, 0.1) is 25.2 Å². The van der Waals surface area contributed by atoms with Crippen LogP contribution in [-0.2, 0) is 4.74 Å². The minimum Gasteiger partial charge on any atom is -0.465 e. The van der Waals surface area contributed by atoms with Gasteiger partial charge in [0.05, 0.1) is 24.6 Å². The molecule has 0 saturated carbocycles. The lowest BCUT2D eigenvalue weighted by molar-refractivity contribution is 0.0599. The van der Waals surface area contributed by atoms with Crippen molar-refractivity contribution in [3.8, 4) is 6.07 Å². The zero-order chi connectivity index (χ0) is 16.3. The lowest BCUT2D eigenvalue weighted by Gasteiger charge is -2.00. The van der Waals surface area contributed by atoms with Crippen molar-refractivity contribution in [2.75, 3.05) is 7.11 Å². The highest BCUT2D eigenvalue weighted by atomic mass is 16.5. The minimum absolute atomic E-state index is 0.0873. The van der Waals surface area contributed by atoms with Crippen LogP contribution in [0.1, 0.15) is 37.9 Å². The van der Waals surface area contributed by atoms with Crippen molar-refractivity contribution in [3.63, 3.8) is 0 Å². The van der Waals surface area contributed by atoms with E-state index in [9.17, 15) is 14.9 Å². The van der Waals surface area contributed by atoms with E-state index in [0.717, 1.165) is 0 Å². The van der Waals surface area contributed by atoms with E-state index in [0.29, 0.717) is 22.6 Å². The van der Waals surface area contributed by atoms with Gasteiger partial charge in [0, 0.05) is 11.8 Å². The van der Waals surface area contributed by atoms with Gasteiger partial charge in [-0.25, -0.2) is 4.79 Å². The van der Waals surface area contributed by atoms with Crippen molar-refractivity contribution in [2.45, 2.75) is 13.8 Å². The van der Waals surface area contributed by atoms with E-state index in [1.807, 2.05) is 6.07 Å². The lowest BCUT2D eigenvalue weighted by atomic mass is 10.0. The van der Waals surface area contributed by atoms with E-state index in [1.54, 1.807) is 26.0 Å². The van der Waals surface area contributed by atoms with Crippen molar-refractivity contribution < 1.29 is 18.7 Å². The first-order chi connectivity index (χ1) is 10.5. The van der Waals surface area contributed by atoms with Crippen molar-refractivity contribution in [1.29, 1.82) is 5.26 Å². The molecule has 2 aromatic heterocycles. The Labute approximate surface area is 127 Å². The number of aromatic nitrogens is 1. The first-order valence-corrected chi connectivity index (χ1v) is 6.47. The molecule has 0 amide bonds. The van der Waals surface area contributed by atoms with Gasteiger partial charge in [0.1, 0.15) is 17.4 Å². The van der Waals surface area contributed by atoms with Crippen LogP contribution < -0.4 is 0 Å². The molecule has 0 spiro atoms. The van der Waals surface area contributed by atoms with Gasteiger partial charge in [0.25, 0.3) is 0 Å². The average Bonchev–Trinajstić information content (AvgIpc) is 3.11. The molecule has 0 atom stereocenters. The topological polar surface area (TPSA) is 96.1 Å². The van der Waals surface area contributed by atoms with Crippen molar-refractivity contribution in [1.82, 2.24) is 4.98 Å². The molecule has 6 heteroatoms. The highest BCUT2D eigenvalue weighted by molar-refractivity contribution is 6.15. The number of aryl methyl sites for hydroxylation is 1. The van der Waals surface area contributed by atoms with Crippen LogP contribution in [0.25, 0.3) is 6.08 Å². The summed E-state index contributed by atoms with van der Waals surface area (Å²) in [7, 11) is 1.27. The number of esters is 1. The number of hydrogen-bond donors (Lipinski definition) is 1. The van der Waals surface area contributed by atoms with Crippen LogP contribution in [0.2, 0.25) is 0 Å². The summed E-state index contributed by atoms with van der Waals surface area (Å²) in [4.78, 5) is 27.1. The number of carbonyl (C=O) groups is 2. The SMILES string of the molecule is COC(=O)c1c(C)[nH]c(C(=O)/C(C#N)=C\c2ccco2)c1C. The zero-order valence-corrected chi connectivity index (χ0v) is 12.4. The second-order valence-corrected chi connectivity index (χ2v) is 4.63. The van der Waals surface area contributed by atoms with E-state index in [4.69, 9.17) is 9.15 Å². The maximum Gasteiger partial charge on any atom is 0.339 e. The fraction of sp³-hybridized carbons (Fsp3) is 0.188. The smallest absolute Gasteiger partial charge is 0.339 e. The highest BCUT2D eigenvalue weighted by Gasteiger charge is 2.24. The molecule has 0 aliphatic carbocycles. The average molecular weight is 298 g/mol. The normalized spacial score (nSPS) is 11.1. The monoisotopic (exact) mass is 298 g/mol. The standard InChI is InChI=1S/C16H14N2O4/c1-9-13(16(20)21-3)10(2)18-14(9)15(19)11(8-17)7-12-5-4-6-22-12/h4-7,18H,1-3H3/b11-7-. The Balaban J connectivity index is 2.46. The molecular weight excluding hydrogens is 284 g/mol. The van der Waals surface area contributed by atoms with Gasteiger partial charge in [-0.3, -0.25) is 4.79 Å². The molecule has 22 heavy (non-hydrogen) atoms. The van der Waals surface area contributed by atoms with Gasteiger partial charge in [0.2, 0.25) is 5.78 Å². The van der Waals surface area contributed by atoms with E-state index in [2.05, 4.69) is 4.98 Å². The zero-order valence-electron chi connectivity index (χ0n) is 12.4. The largest absolute Gasteiger partial charge is 0.465 e. The molecular formula is C16H14N2O4. The first kappa shape index (κ1) is 15.3. The number of furan rings is 1. The molecule has 0 aliphatic rings. The third kappa shape index (κ3) is 2.69. The van der Waals surface area contributed by atoms with Crippen LogP contribution >= 0.6 is 0 Å². The van der Waals surface area contributed by atoms with Gasteiger partial charge in [-0.05, 0) is 31.5 Å². The number of aromatic amines is 1. The van der Waals surface area contributed by atoms with Crippen LogP contribution in [0.15, 0.2) is 28.4 Å². The Morgan fingerprint density at radius 1 is 1.41 bits per heavy atom. The van der Waals surface area contributed by atoms with Crippen LogP contribution in [0.4, 0.5) is 0 Å². The molecule has 6 nitrogen and oxygen atoms in total. The Morgan fingerprint density at radius 2 is 2.14 bits per heavy atom. The summed E-state index contributed by atoms with van der Waals surface area (Å²) < 4.78 is 9.80. The Morgan fingerprint density at radius 3 is 2.68 bits per heavy atom. The van der Waals surface area contributed by atoms with Gasteiger partial charge in [0.15, 0.2) is 0 Å². The summed E-state index contributed by atoms with van der Waals surface area (Å²) in [6.07, 6.45) is 2.81. The predicted octanol–water partition coefficient (Wildman–Crippen LogP) is 2.80. The molecule has 2 aromatic rings. The Kier molecular flexibility index (Phi) is 4.28. The molecule has 0 aromatic carbocycles. The lowest BCUT2D eigenvalue weighted by Crippen LogP contribution is -2.06. The van der Waals surface area contributed by atoms with Gasteiger partial charge >= 0.3 is 5.97 Å². The first-order valence-electron chi connectivity index (χ1n) is 6.47. The van der Waals surface area contributed by atoms with Gasteiger partial charge in [-0.2, -0.15) is 5.26 Å². The number of H-pyrrole nitrogens is 1. The van der Waals surface area contributed by atoms with E-state index in [1.165, 1.54) is 19.4 Å². The molecule has 112 valence electrons. The molecule has 2 heterocycles. The number of rotatable bonds is 4. The number of carbonyl (C=O) groups excluding carboxylic acids is 2. The number of nitrogens with zero attached hydrogens (tertiary/aromatic N) is 1. The van der Waals surface area contributed by atoms with Gasteiger partial charge in [-0.15, -0.1) is 0 Å². The van der Waals surface area contributed by atoms with Gasteiger partial charge in [-0.1, -0.05) is 0 Å². The molecule has 0 bridgehead atoms. The minimum atomic E-state index is -0.529. The van der Waals surface area contributed by atoms with Crippen molar-refractivity contribution in [2.24, 2.45) is 0 Å². The molecule has 0 saturated heterocycles. The molecule has 0 radical (unpaired) electrons. The van der Waals surface area contributed by atoms with E-state index in [-0.39, 0.29) is 11.3 Å². The van der Waals surface area contributed by atoms with E-state index >= 15 is 0 Å². The number of allylic oxidation sites excluding steroid dienone is 1. The fourth-order valence-electron chi connectivity index (χ4n) is 2.18. The molecule has 1 N–H and O–H groups in total. The summed E-state index contributed by atoms with van der Waals surface area (Å²) in [5, 5.41) is 9.19. The molecule has 0 fully saturated rings. The quantitative estimate of drug-likeness (QED) is 0.405. The Bertz CT molecular complexity index is 789. The molecule has 0 aliphatic heterocycles. The van der Waals surface area contributed by atoms with Crippen molar-refractivity contribution >= 4 is 17.8 Å². The number of methoxy groups -OCH3 is 1. The predicted molar refractivity (Wildman–Crippen MR) is 78.2 cm³/mol. The fourth-order valence-corrected chi connectivity index (χ4v) is 2.18. The van der Waals surface area contributed by atoms with E-state index < -0.39 is 11.8 Å². The number of hydrogen-bond acceptors (Lipinski definition) is 5. The molecule has 0 unspecified atom stereocenters. The second kappa shape index (κ2) is 6.14. The van der Waals surface area contributed by atoms with Crippen LogP contribution in [0.3, 0.4) is 0 Å². The number of ketones is 1. The summed E-state index contributed by atoms with van der Waals surface area (Å²) in [6, 6.07) is 5.15. The number of nitrogens with one attached hydrogen (secondary N) is 1. The summed E-state index contributed by atoms with van der Waals surface area (Å²) in [5.74, 6) is -0.632.